The molecule has 0 aliphatic rings. The van der Waals surface area contributed by atoms with Crippen LogP contribution in [-0.4, -0.2) is 18.6 Å². The highest BCUT2D eigenvalue weighted by Gasteiger charge is 2.06. The molecule has 0 unspecified atom stereocenters. The lowest BCUT2D eigenvalue weighted by atomic mass is 10.2. The van der Waals surface area contributed by atoms with Crippen LogP contribution < -0.4 is 10.6 Å². The Bertz CT molecular complexity index is 624. The lowest BCUT2D eigenvalue weighted by Gasteiger charge is -2.07. The monoisotopic (exact) mass is 298 g/mol. The number of rotatable bonds is 5. The Balaban J connectivity index is 1.89. The summed E-state index contributed by atoms with van der Waals surface area (Å²) in [7, 11) is 0. The molecule has 0 heterocycles. The number of carbonyl (C=O) groups is 2. The molecule has 0 bridgehead atoms. The Morgan fingerprint density at radius 3 is 2.32 bits per heavy atom. The molecule has 5 heteroatoms. The predicted molar refractivity (Wildman–Crippen MR) is 84.7 cm³/mol. The van der Waals surface area contributed by atoms with Crippen molar-refractivity contribution in [1.82, 2.24) is 5.32 Å². The van der Waals surface area contributed by atoms with Crippen LogP contribution in [0.25, 0.3) is 0 Å². The van der Waals surface area contributed by atoms with Gasteiger partial charge in [0, 0.05) is 17.8 Å². The minimum Gasteiger partial charge on any atom is -0.450 e. The van der Waals surface area contributed by atoms with Crippen LogP contribution in [0, 0.1) is 0 Å². The van der Waals surface area contributed by atoms with E-state index in [0.717, 1.165) is 5.56 Å². The Hall–Kier alpha value is -2.82. The van der Waals surface area contributed by atoms with Crippen molar-refractivity contribution in [3.05, 3.63) is 65.7 Å². The van der Waals surface area contributed by atoms with Gasteiger partial charge in [0.25, 0.3) is 5.91 Å². The van der Waals surface area contributed by atoms with Crippen LogP contribution in [0.15, 0.2) is 54.6 Å². The molecule has 0 atom stereocenters. The third kappa shape index (κ3) is 4.63. The Kier molecular flexibility index (Phi) is 5.54. The summed E-state index contributed by atoms with van der Waals surface area (Å²) in [5.41, 5.74) is 2.15. The van der Waals surface area contributed by atoms with E-state index in [4.69, 9.17) is 4.74 Å². The average molecular weight is 298 g/mol. The molecule has 0 saturated carbocycles. The van der Waals surface area contributed by atoms with E-state index in [2.05, 4.69) is 10.6 Å². The molecular formula is C17H18N2O3. The maximum atomic E-state index is 12.0. The third-order valence-corrected chi connectivity index (χ3v) is 2.96. The van der Waals surface area contributed by atoms with Crippen molar-refractivity contribution in [2.24, 2.45) is 0 Å². The SMILES string of the molecule is CCOC(=O)Nc1ccc(C(=O)NCc2ccccc2)cc1. The summed E-state index contributed by atoms with van der Waals surface area (Å²) >= 11 is 0. The van der Waals surface area contributed by atoms with E-state index >= 15 is 0 Å². The van der Waals surface area contributed by atoms with Gasteiger partial charge in [-0.05, 0) is 36.8 Å². The highest BCUT2D eigenvalue weighted by atomic mass is 16.5. The van der Waals surface area contributed by atoms with Crippen molar-refractivity contribution < 1.29 is 14.3 Å². The fourth-order valence-corrected chi connectivity index (χ4v) is 1.87. The van der Waals surface area contributed by atoms with Crippen molar-refractivity contribution in [3.8, 4) is 0 Å². The fraction of sp³-hybridized carbons (Fsp3) is 0.176. The lowest BCUT2D eigenvalue weighted by Crippen LogP contribution is -2.22. The maximum absolute atomic E-state index is 12.0. The van der Waals surface area contributed by atoms with Gasteiger partial charge >= 0.3 is 6.09 Å². The van der Waals surface area contributed by atoms with Crippen LogP contribution in [-0.2, 0) is 11.3 Å². The van der Waals surface area contributed by atoms with E-state index < -0.39 is 6.09 Å². The molecule has 0 aliphatic heterocycles. The van der Waals surface area contributed by atoms with E-state index in [0.29, 0.717) is 24.4 Å². The van der Waals surface area contributed by atoms with Gasteiger partial charge in [0.2, 0.25) is 0 Å². The number of nitrogens with one attached hydrogen (secondary N) is 2. The van der Waals surface area contributed by atoms with Crippen molar-refractivity contribution >= 4 is 17.7 Å². The second kappa shape index (κ2) is 7.83. The number of hydrogen-bond acceptors (Lipinski definition) is 3. The van der Waals surface area contributed by atoms with E-state index in [1.807, 2.05) is 30.3 Å². The second-order valence-corrected chi connectivity index (χ2v) is 4.59. The Labute approximate surface area is 129 Å². The first-order valence-electron chi connectivity index (χ1n) is 7.05. The van der Waals surface area contributed by atoms with E-state index in [1.165, 1.54) is 0 Å². The van der Waals surface area contributed by atoms with E-state index in [9.17, 15) is 9.59 Å². The van der Waals surface area contributed by atoms with Gasteiger partial charge in [-0.2, -0.15) is 0 Å². The van der Waals surface area contributed by atoms with Crippen LogP contribution >= 0.6 is 0 Å². The second-order valence-electron chi connectivity index (χ2n) is 4.59. The molecule has 2 aromatic rings. The topological polar surface area (TPSA) is 67.4 Å². The summed E-state index contributed by atoms with van der Waals surface area (Å²) < 4.78 is 4.78. The van der Waals surface area contributed by atoms with Crippen molar-refractivity contribution in [2.45, 2.75) is 13.5 Å². The number of carbonyl (C=O) groups excluding carboxylic acids is 2. The maximum Gasteiger partial charge on any atom is 0.411 e. The molecular weight excluding hydrogens is 280 g/mol. The van der Waals surface area contributed by atoms with Gasteiger partial charge < -0.3 is 10.1 Å². The van der Waals surface area contributed by atoms with Gasteiger partial charge in [-0.3, -0.25) is 10.1 Å². The van der Waals surface area contributed by atoms with Gasteiger partial charge in [-0.1, -0.05) is 30.3 Å². The Morgan fingerprint density at radius 2 is 1.68 bits per heavy atom. The third-order valence-electron chi connectivity index (χ3n) is 2.96. The highest BCUT2D eigenvalue weighted by molar-refractivity contribution is 5.95. The summed E-state index contributed by atoms with van der Waals surface area (Å²) in [5, 5.41) is 5.42. The number of hydrogen-bond donors (Lipinski definition) is 2. The van der Waals surface area contributed by atoms with Crippen molar-refractivity contribution in [3.63, 3.8) is 0 Å². The van der Waals surface area contributed by atoms with Crippen LogP contribution in [0.1, 0.15) is 22.8 Å². The standard InChI is InChI=1S/C17H18N2O3/c1-2-22-17(21)19-15-10-8-14(9-11-15)16(20)18-12-13-6-4-3-5-7-13/h3-11H,2,12H2,1H3,(H,18,20)(H,19,21). The summed E-state index contributed by atoms with van der Waals surface area (Å²) in [6, 6.07) is 16.3. The summed E-state index contributed by atoms with van der Waals surface area (Å²) in [6.07, 6.45) is -0.510. The van der Waals surface area contributed by atoms with Gasteiger partial charge in [0.15, 0.2) is 0 Å². The normalized spacial score (nSPS) is 9.86. The molecule has 0 aromatic heterocycles. The molecule has 0 radical (unpaired) electrons. The fourth-order valence-electron chi connectivity index (χ4n) is 1.87. The first kappa shape index (κ1) is 15.6. The van der Waals surface area contributed by atoms with Crippen LogP contribution in [0.3, 0.4) is 0 Å². The highest BCUT2D eigenvalue weighted by Crippen LogP contribution is 2.10. The number of ether oxygens (including phenoxy) is 1. The van der Waals surface area contributed by atoms with Crippen LogP contribution in [0.5, 0.6) is 0 Å². The minimum atomic E-state index is -0.510. The Morgan fingerprint density at radius 1 is 1.00 bits per heavy atom. The number of benzene rings is 2. The van der Waals surface area contributed by atoms with Gasteiger partial charge in [-0.15, -0.1) is 0 Å². The molecule has 0 saturated heterocycles. The summed E-state index contributed by atoms with van der Waals surface area (Å²) in [6.45, 7) is 2.52. The molecule has 0 spiro atoms. The zero-order valence-corrected chi connectivity index (χ0v) is 12.3. The molecule has 2 N–H and O–H groups in total. The molecule has 5 nitrogen and oxygen atoms in total. The smallest absolute Gasteiger partial charge is 0.411 e. The number of anilines is 1. The molecule has 2 aromatic carbocycles. The first-order valence-corrected chi connectivity index (χ1v) is 7.05. The van der Waals surface area contributed by atoms with E-state index in [1.54, 1.807) is 31.2 Å². The van der Waals surface area contributed by atoms with Gasteiger partial charge in [0.05, 0.1) is 6.61 Å². The van der Waals surface area contributed by atoms with Crippen LogP contribution in [0.4, 0.5) is 10.5 Å². The predicted octanol–water partition coefficient (Wildman–Crippen LogP) is 3.19. The lowest BCUT2D eigenvalue weighted by molar-refractivity contribution is 0.0951. The molecule has 2 amide bonds. The van der Waals surface area contributed by atoms with Crippen LogP contribution in [0.2, 0.25) is 0 Å². The van der Waals surface area contributed by atoms with Crippen molar-refractivity contribution in [2.75, 3.05) is 11.9 Å². The average Bonchev–Trinajstić information content (AvgIpc) is 2.54. The first-order chi connectivity index (χ1) is 10.7. The van der Waals surface area contributed by atoms with Gasteiger partial charge in [0.1, 0.15) is 0 Å². The zero-order chi connectivity index (χ0) is 15.8. The largest absolute Gasteiger partial charge is 0.450 e. The van der Waals surface area contributed by atoms with Gasteiger partial charge in [-0.25, -0.2) is 4.79 Å². The summed E-state index contributed by atoms with van der Waals surface area (Å²) in [5.74, 6) is -0.161. The molecule has 0 fully saturated rings. The minimum absolute atomic E-state index is 0.161. The summed E-state index contributed by atoms with van der Waals surface area (Å²) in [4.78, 5) is 23.3. The van der Waals surface area contributed by atoms with E-state index in [-0.39, 0.29) is 5.91 Å². The molecule has 22 heavy (non-hydrogen) atoms. The van der Waals surface area contributed by atoms with Crippen molar-refractivity contribution in [1.29, 1.82) is 0 Å². The zero-order valence-electron chi connectivity index (χ0n) is 12.3. The molecule has 0 aliphatic carbocycles. The quantitative estimate of drug-likeness (QED) is 0.891. The number of amides is 2. The molecule has 114 valence electrons. The molecule has 2 rings (SSSR count).